The molecule has 0 radical (unpaired) electrons. The molecule has 4 rings (SSSR count). The van der Waals surface area contributed by atoms with Crippen LogP contribution < -0.4 is 16.0 Å². The fourth-order valence-electron chi connectivity index (χ4n) is 4.67. The number of nitrogens with zero attached hydrogens (tertiary/aromatic N) is 1. The highest BCUT2D eigenvalue weighted by Gasteiger charge is 2.41. The Morgan fingerprint density at radius 2 is 1.73 bits per heavy atom. The number of fused-ring (bicyclic) bond motifs is 1. The molecule has 0 spiro atoms. The summed E-state index contributed by atoms with van der Waals surface area (Å²) in [4.78, 5) is 15.4. The number of thiocarbonyl (C=S) groups is 1. The van der Waals surface area contributed by atoms with E-state index in [1.165, 1.54) is 16.7 Å². The number of hydrogen-bond donors (Lipinski definition) is 3. The number of carbonyl (C=O) groups is 1. The Morgan fingerprint density at radius 3 is 2.37 bits per heavy atom. The molecule has 2 aromatic carbocycles. The van der Waals surface area contributed by atoms with Gasteiger partial charge in [-0.1, -0.05) is 54.6 Å². The number of nitrogens with one attached hydrogen (secondary N) is 3. The molecule has 6 heteroatoms. The Hall–Kier alpha value is -2.44. The first-order valence-electron chi connectivity index (χ1n) is 10.6. The second kappa shape index (κ2) is 8.74. The molecule has 0 saturated carbocycles. The highest BCUT2D eigenvalue weighted by molar-refractivity contribution is 7.80. The third-order valence-electron chi connectivity index (χ3n) is 6.41. The van der Waals surface area contributed by atoms with Gasteiger partial charge in [-0.15, -0.1) is 0 Å². The average molecular weight is 423 g/mol. The molecule has 30 heavy (non-hydrogen) atoms. The first-order valence-corrected chi connectivity index (χ1v) is 11.0. The lowest BCUT2D eigenvalue weighted by atomic mass is 9.92. The minimum atomic E-state index is -0.283. The van der Waals surface area contributed by atoms with Crippen LogP contribution in [0.5, 0.6) is 0 Å². The van der Waals surface area contributed by atoms with Crippen molar-refractivity contribution in [2.24, 2.45) is 0 Å². The lowest BCUT2D eigenvalue weighted by Crippen LogP contribution is -2.61. The summed E-state index contributed by atoms with van der Waals surface area (Å²) in [5.74, 6) is 0.0224. The molecule has 1 fully saturated rings. The smallest absolute Gasteiger partial charge is 0.242 e. The molecule has 1 aliphatic heterocycles. The summed E-state index contributed by atoms with van der Waals surface area (Å²) >= 11 is 5.24. The molecule has 2 aliphatic rings. The number of rotatable bonds is 6. The quantitative estimate of drug-likeness (QED) is 0.624. The summed E-state index contributed by atoms with van der Waals surface area (Å²) < 4.78 is 0. The second-order valence-electron chi connectivity index (χ2n) is 8.71. The number of benzene rings is 2. The first kappa shape index (κ1) is 20.8. The van der Waals surface area contributed by atoms with Gasteiger partial charge in [-0.3, -0.25) is 9.69 Å². The molecule has 0 unspecified atom stereocenters. The standard InChI is InChI=1S/C24H30N4OS/c1-17-12-21(27-23(30)26-17)22(29)25-16-24(13-19-10-6-7-11-20(19)14-24)28(2)15-18-8-4-3-5-9-18/h3-11,17,21H,12-16H2,1-2H3,(H,25,29)(H2,26,27,30)/t17-,21+/m1/s1. The van der Waals surface area contributed by atoms with Crippen molar-refractivity contribution in [1.29, 1.82) is 0 Å². The Morgan fingerprint density at radius 1 is 1.10 bits per heavy atom. The van der Waals surface area contributed by atoms with Gasteiger partial charge in [0.1, 0.15) is 6.04 Å². The fourth-order valence-corrected chi connectivity index (χ4v) is 5.01. The van der Waals surface area contributed by atoms with Crippen LogP contribution in [0.25, 0.3) is 0 Å². The van der Waals surface area contributed by atoms with E-state index in [-0.39, 0.29) is 23.5 Å². The van der Waals surface area contributed by atoms with E-state index in [1.54, 1.807) is 0 Å². The summed E-state index contributed by atoms with van der Waals surface area (Å²) in [5.41, 5.74) is 3.89. The van der Waals surface area contributed by atoms with Crippen LogP contribution >= 0.6 is 12.2 Å². The van der Waals surface area contributed by atoms with E-state index >= 15 is 0 Å². The maximum Gasteiger partial charge on any atom is 0.242 e. The Bertz CT molecular complexity index is 891. The SMILES string of the molecule is C[C@@H]1C[C@@H](C(=O)NCC2(N(C)Cc3ccccc3)Cc3ccccc3C2)NC(=S)N1. The van der Waals surface area contributed by atoms with Gasteiger partial charge in [0, 0.05) is 24.7 Å². The highest BCUT2D eigenvalue weighted by atomic mass is 32.1. The van der Waals surface area contributed by atoms with Gasteiger partial charge in [0.25, 0.3) is 0 Å². The molecule has 1 heterocycles. The van der Waals surface area contributed by atoms with Crippen LogP contribution in [-0.2, 0) is 24.2 Å². The second-order valence-corrected chi connectivity index (χ2v) is 9.12. The van der Waals surface area contributed by atoms with Crippen molar-refractivity contribution in [3.8, 4) is 0 Å². The zero-order valence-electron chi connectivity index (χ0n) is 17.7. The van der Waals surface area contributed by atoms with Crippen molar-refractivity contribution in [2.75, 3.05) is 13.6 Å². The van der Waals surface area contributed by atoms with Crippen molar-refractivity contribution in [3.63, 3.8) is 0 Å². The van der Waals surface area contributed by atoms with E-state index in [1.807, 2.05) is 6.07 Å². The van der Waals surface area contributed by atoms with Gasteiger partial charge in [-0.05, 0) is 62.1 Å². The van der Waals surface area contributed by atoms with Crippen LogP contribution in [0.4, 0.5) is 0 Å². The third kappa shape index (κ3) is 4.50. The fraction of sp³-hybridized carbons (Fsp3) is 0.417. The van der Waals surface area contributed by atoms with Gasteiger partial charge in [-0.25, -0.2) is 0 Å². The van der Waals surface area contributed by atoms with Crippen LogP contribution in [-0.4, -0.2) is 47.1 Å². The highest BCUT2D eigenvalue weighted by Crippen LogP contribution is 2.34. The van der Waals surface area contributed by atoms with Gasteiger partial charge < -0.3 is 16.0 Å². The molecule has 2 aromatic rings. The van der Waals surface area contributed by atoms with E-state index in [0.717, 1.165) is 25.8 Å². The predicted molar refractivity (Wildman–Crippen MR) is 124 cm³/mol. The lowest BCUT2D eigenvalue weighted by molar-refractivity contribution is -0.123. The van der Waals surface area contributed by atoms with Gasteiger partial charge in [0.15, 0.2) is 5.11 Å². The number of carbonyl (C=O) groups excluding carboxylic acids is 1. The molecule has 1 amide bonds. The molecule has 1 saturated heterocycles. The number of likely N-dealkylation sites (N-methyl/N-ethyl adjacent to an activating group) is 1. The monoisotopic (exact) mass is 422 g/mol. The molecule has 1 aliphatic carbocycles. The average Bonchev–Trinajstić information content (AvgIpc) is 3.12. The van der Waals surface area contributed by atoms with Crippen LogP contribution in [0.3, 0.4) is 0 Å². The summed E-state index contributed by atoms with van der Waals surface area (Å²) in [5, 5.41) is 10.1. The van der Waals surface area contributed by atoms with Crippen molar-refractivity contribution in [2.45, 2.75) is 50.4 Å². The zero-order chi connectivity index (χ0) is 21.1. The molecular weight excluding hydrogens is 392 g/mol. The summed E-state index contributed by atoms with van der Waals surface area (Å²) in [6.45, 7) is 3.50. The predicted octanol–water partition coefficient (Wildman–Crippen LogP) is 2.40. The van der Waals surface area contributed by atoms with E-state index in [9.17, 15) is 4.79 Å². The Balaban J connectivity index is 1.50. The van der Waals surface area contributed by atoms with Crippen molar-refractivity contribution >= 4 is 23.2 Å². The topological polar surface area (TPSA) is 56.4 Å². The normalized spacial score (nSPS) is 22.2. The van der Waals surface area contributed by atoms with Crippen LogP contribution in [0.1, 0.15) is 30.0 Å². The summed E-state index contributed by atoms with van der Waals surface area (Å²) in [6, 6.07) is 19.1. The molecule has 158 valence electrons. The van der Waals surface area contributed by atoms with Crippen LogP contribution in [0.2, 0.25) is 0 Å². The maximum absolute atomic E-state index is 13.0. The Labute approximate surface area is 184 Å². The summed E-state index contributed by atoms with van der Waals surface area (Å²) in [7, 11) is 2.17. The van der Waals surface area contributed by atoms with Crippen LogP contribution in [0.15, 0.2) is 54.6 Å². The van der Waals surface area contributed by atoms with Crippen LogP contribution in [0, 0.1) is 0 Å². The molecule has 0 aromatic heterocycles. The van der Waals surface area contributed by atoms with E-state index in [0.29, 0.717) is 11.7 Å². The molecule has 3 N–H and O–H groups in total. The lowest BCUT2D eigenvalue weighted by Gasteiger charge is -2.40. The van der Waals surface area contributed by atoms with Gasteiger partial charge in [0.2, 0.25) is 5.91 Å². The van der Waals surface area contributed by atoms with E-state index in [2.05, 4.69) is 83.4 Å². The summed E-state index contributed by atoms with van der Waals surface area (Å²) in [6.07, 6.45) is 2.58. The number of amides is 1. The first-order chi connectivity index (χ1) is 14.4. The maximum atomic E-state index is 13.0. The van der Waals surface area contributed by atoms with E-state index in [4.69, 9.17) is 12.2 Å². The molecule has 0 bridgehead atoms. The van der Waals surface area contributed by atoms with Crippen molar-refractivity contribution in [3.05, 3.63) is 71.3 Å². The zero-order valence-corrected chi connectivity index (χ0v) is 18.5. The third-order valence-corrected chi connectivity index (χ3v) is 6.65. The van der Waals surface area contributed by atoms with Gasteiger partial charge >= 0.3 is 0 Å². The molecule has 5 nitrogen and oxygen atoms in total. The van der Waals surface area contributed by atoms with Crippen molar-refractivity contribution in [1.82, 2.24) is 20.9 Å². The minimum Gasteiger partial charge on any atom is -0.360 e. The van der Waals surface area contributed by atoms with Crippen molar-refractivity contribution < 1.29 is 4.79 Å². The molecule has 2 atom stereocenters. The minimum absolute atomic E-state index is 0.0224. The Kier molecular flexibility index (Phi) is 6.06. The largest absolute Gasteiger partial charge is 0.360 e. The number of hydrogen-bond acceptors (Lipinski definition) is 3. The molecular formula is C24H30N4OS. The van der Waals surface area contributed by atoms with Gasteiger partial charge in [0.05, 0.1) is 0 Å². The van der Waals surface area contributed by atoms with E-state index < -0.39 is 0 Å². The van der Waals surface area contributed by atoms with Gasteiger partial charge in [-0.2, -0.15) is 0 Å².